The molecule has 0 spiro atoms. The Labute approximate surface area is 105 Å². The van der Waals surface area contributed by atoms with Crippen LogP contribution in [0, 0.1) is 22.8 Å². The maximum absolute atomic E-state index is 11.0. The van der Waals surface area contributed by atoms with Gasteiger partial charge in [-0.2, -0.15) is 5.26 Å². The van der Waals surface area contributed by atoms with Crippen LogP contribution in [0.15, 0.2) is 11.3 Å². The van der Waals surface area contributed by atoms with Gasteiger partial charge in [0.25, 0.3) is 0 Å². The van der Waals surface area contributed by atoms with Crippen molar-refractivity contribution in [3.8, 4) is 12.3 Å². The zero-order valence-electron chi connectivity index (χ0n) is 8.37. The van der Waals surface area contributed by atoms with Gasteiger partial charge < -0.3 is 15.3 Å². The van der Waals surface area contributed by atoms with Crippen LogP contribution < -0.4 is 29.6 Å². The molecule has 0 amide bonds. The Bertz CT molecular complexity index is 312. The molecule has 0 bridgehead atoms. The summed E-state index contributed by atoms with van der Waals surface area (Å²) >= 11 is 0. The number of carbonyl (C=O) groups excluding carboxylic acids is 1. The monoisotopic (exact) mass is 201 g/mol. The fourth-order valence-electron chi connectivity index (χ4n) is 0.608. The Morgan fingerprint density at radius 1 is 1.50 bits per heavy atom. The zero-order chi connectivity index (χ0) is 10.3. The van der Waals surface area contributed by atoms with E-state index < -0.39 is 5.97 Å². The van der Waals surface area contributed by atoms with Gasteiger partial charge >= 0.3 is 35.5 Å². The molecule has 0 aromatic heterocycles. The normalized spacial score (nSPS) is 9.71. The molecule has 0 saturated carbocycles. The summed E-state index contributed by atoms with van der Waals surface area (Å²) in [7, 11) is 0. The van der Waals surface area contributed by atoms with Gasteiger partial charge in [0.1, 0.15) is 11.6 Å². The summed E-state index contributed by atoms with van der Waals surface area (Å²) in [6.45, 7) is 3.21. The number of hydrogen-bond donors (Lipinski definition) is 0. The summed E-state index contributed by atoms with van der Waals surface area (Å²) in [4.78, 5) is 11.0. The molecule has 0 aliphatic carbocycles. The molecule has 6 heteroatoms. The van der Waals surface area contributed by atoms with Crippen molar-refractivity contribution in [3.05, 3.63) is 16.6 Å². The summed E-state index contributed by atoms with van der Waals surface area (Å²) < 4.78 is 4.57. The molecule has 0 aliphatic rings. The molecular formula is C8H8N3NaO2. The second-order valence-corrected chi connectivity index (χ2v) is 2.00. The average Bonchev–Trinajstić information content (AvgIpc) is 2.06. The van der Waals surface area contributed by atoms with Crippen molar-refractivity contribution < 1.29 is 39.1 Å². The van der Waals surface area contributed by atoms with Gasteiger partial charge in [-0.3, -0.25) is 0 Å². The second kappa shape index (κ2) is 8.58. The van der Waals surface area contributed by atoms with Crippen molar-refractivity contribution in [2.24, 2.45) is 0 Å². The van der Waals surface area contributed by atoms with Crippen LogP contribution in [0.2, 0.25) is 0 Å². The van der Waals surface area contributed by atoms with E-state index in [2.05, 4.69) is 10.1 Å². The number of nitriles is 2. The first-order chi connectivity index (χ1) is 6.17. The molecule has 0 atom stereocenters. The third kappa shape index (κ3) is 4.88. The van der Waals surface area contributed by atoms with E-state index in [1.807, 2.05) is 0 Å². The van der Waals surface area contributed by atoms with E-state index in [9.17, 15) is 4.79 Å². The molecule has 0 heterocycles. The fraction of sp³-hybridized carbons (Fsp3) is 0.375. The Morgan fingerprint density at radius 3 is 2.43 bits per heavy atom. The average molecular weight is 201 g/mol. The van der Waals surface area contributed by atoms with Crippen LogP contribution in [0.25, 0.3) is 5.32 Å². The SMILES string of the molecule is CCOC(=O)/C(C#N)=C(/C)[N-]C#N.[Na+]. The Balaban J connectivity index is 0. The van der Waals surface area contributed by atoms with Crippen molar-refractivity contribution in [2.75, 3.05) is 6.61 Å². The van der Waals surface area contributed by atoms with Gasteiger partial charge in [0.2, 0.25) is 0 Å². The summed E-state index contributed by atoms with van der Waals surface area (Å²) in [6.07, 6.45) is 1.49. The van der Waals surface area contributed by atoms with E-state index >= 15 is 0 Å². The first-order valence-corrected chi connectivity index (χ1v) is 3.55. The number of carbonyl (C=O) groups is 1. The number of nitrogens with zero attached hydrogens (tertiary/aromatic N) is 3. The van der Waals surface area contributed by atoms with E-state index in [0.717, 1.165) is 0 Å². The van der Waals surface area contributed by atoms with Crippen LogP contribution >= 0.6 is 0 Å². The second-order valence-electron chi connectivity index (χ2n) is 2.00. The van der Waals surface area contributed by atoms with Crippen molar-refractivity contribution in [1.29, 1.82) is 10.5 Å². The zero-order valence-corrected chi connectivity index (χ0v) is 10.4. The predicted molar refractivity (Wildman–Crippen MR) is 43.9 cm³/mol. The molecule has 0 N–H and O–H groups in total. The van der Waals surface area contributed by atoms with Gasteiger partial charge in [-0.15, -0.1) is 0 Å². The number of ether oxygens (including phenoxy) is 1. The third-order valence-electron chi connectivity index (χ3n) is 1.17. The first kappa shape index (κ1) is 15.5. The minimum atomic E-state index is -0.749. The van der Waals surface area contributed by atoms with Gasteiger partial charge in [-0.25, -0.2) is 4.79 Å². The van der Waals surface area contributed by atoms with Crippen LogP contribution in [0.3, 0.4) is 0 Å². The molecule has 0 rings (SSSR count). The van der Waals surface area contributed by atoms with Gasteiger partial charge in [-0.05, 0) is 19.5 Å². The smallest absolute Gasteiger partial charge is 0.494 e. The molecule has 5 nitrogen and oxygen atoms in total. The van der Waals surface area contributed by atoms with Gasteiger partial charge in [0.15, 0.2) is 0 Å². The predicted octanol–water partition coefficient (Wildman–Crippen LogP) is -1.79. The van der Waals surface area contributed by atoms with Crippen molar-refractivity contribution in [3.63, 3.8) is 0 Å². The largest absolute Gasteiger partial charge is 1.00 e. The molecule has 0 aromatic carbocycles. The first-order valence-electron chi connectivity index (χ1n) is 3.55. The van der Waals surface area contributed by atoms with E-state index in [1.165, 1.54) is 13.1 Å². The summed E-state index contributed by atoms with van der Waals surface area (Å²) in [5, 5.41) is 20.0. The maximum Gasteiger partial charge on any atom is 1.00 e. The Kier molecular flexibility index (Phi) is 9.48. The molecule has 0 aliphatic heterocycles. The van der Waals surface area contributed by atoms with E-state index in [4.69, 9.17) is 10.5 Å². The van der Waals surface area contributed by atoms with Gasteiger partial charge in [-0.1, -0.05) is 6.19 Å². The summed E-state index contributed by atoms with van der Waals surface area (Å²) in [5.41, 5.74) is -0.160. The molecule has 0 unspecified atom stereocenters. The van der Waals surface area contributed by atoms with E-state index in [-0.39, 0.29) is 47.4 Å². The van der Waals surface area contributed by atoms with Crippen LogP contribution in [-0.2, 0) is 9.53 Å². The molecule has 68 valence electrons. The summed E-state index contributed by atoms with van der Waals surface area (Å²) in [6, 6.07) is 1.63. The number of allylic oxidation sites excluding steroid dienone is 1. The number of esters is 1. The molecule has 0 radical (unpaired) electrons. The van der Waals surface area contributed by atoms with Crippen molar-refractivity contribution in [1.82, 2.24) is 0 Å². The van der Waals surface area contributed by atoms with E-state index in [0.29, 0.717) is 0 Å². The molecule has 0 aromatic rings. The number of hydrogen-bond acceptors (Lipinski definition) is 4. The van der Waals surface area contributed by atoms with Crippen molar-refractivity contribution in [2.45, 2.75) is 13.8 Å². The maximum atomic E-state index is 11.0. The Morgan fingerprint density at radius 2 is 2.07 bits per heavy atom. The molecule has 0 saturated heterocycles. The standard InChI is InChI=1S/C8H9N3O2.Na/c1-3-13-8(12)7(4-9)6(2)11-5-10;/h3H2,1-2H3,(H,11,12);/q;+1/p-1. The molecule has 14 heavy (non-hydrogen) atoms. The van der Waals surface area contributed by atoms with Crippen LogP contribution in [0.5, 0.6) is 0 Å². The van der Waals surface area contributed by atoms with Crippen LogP contribution in [-0.4, -0.2) is 12.6 Å². The van der Waals surface area contributed by atoms with Gasteiger partial charge in [0, 0.05) is 0 Å². The minimum absolute atomic E-state index is 0. The van der Waals surface area contributed by atoms with Crippen molar-refractivity contribution >= 4 is 5.97 Å². The van der Waals surface area contributed by atoms with E-state index in [1.54, 1.807) is 13.0 Å². The molecular weight excluding hydrogens is 193 g/mol. The number of rotatable bonds is 3. The summed E-state index contributed by atoms with van der Waals surface area (Å²) in [5.74, 6) is -0.749. The minimum Gasteiger partial charge on any atom is -0.494 e. The fourth-order valence-corrected chi connectivity index (χ4v) is 0.608. The molecule has 0 fully saturated rings. The quantitative estimate of drug-likeness (QED) is 0.177. The van der Waals surface area contributed by atoms with Crippen LogP contribution in [0.4, 0.5) is 0 Å². The third-order valence-corrected chi connectivity index (χ3v) is 1.17. The topological polar surface area (TPSA) is 88.0 Å². The van der Waals surface area contributed by atoms with Gasteiger partial charge in [0.05, 0.1) is 6.61 Å². The van der Waals surface area contributed by atoms with Crippen LogP contribution in [0.1, 0.15) is 13.8 Å². The Hall–Kier alpha value is -1.01.